The van der Waals surface area contributed by atoms with E-state index in [9.17, 15) is 0 Å². The first kappa shape index (κ1) is 14.3. The summed E-state index contributed by atoms with van der Waals surface area (Å²) >= 11 is 0. The fourth-order valence-electron chi connectivity index (χ4n) is 3.95. The van der Waals surface area contributed by atoms with Gasteiger partial charge in [0.15, 0.2) is 0 Å². The van der Waals surface area contributed by atoms with Crippen LogP contribution in [0.2, 0.25) is 0 Å². The Labute approximate surface area is 114 Å². The average molecular weight is 252 g/mol. The summed E-state index contributed by atoms with van der Waals surface area (Å²) in [5.74, 6) is 1.75. The first-order valence-electron chi connectivity index (χ1n) is 8.19. The first-order chi connectivity index (χ1) is 8.70. The molecule has 0 aromatic heterocycles. The smallest absolute Gasteiger partial charge is 0.0198 e. The van der Waals surface area contributed by atoms with E-state index in [1.54, 1.807) is 0 Å². The third-order valence-electron chi connectivity index (χ3n) is 5.08. The van der Waals surface area contributed by atoms with E-state index >= 15 is 0 Å². The maximum absolute atomic E-state index is 4.01. The van der Waals surface area contributed by atoms with Crippen molar-refractivity contribution in [3.05, 3.63) is 0 Å². The summed E-state index contributed by atoms with van der Waals surface area (Å²) in [6.07, 6.45) is 8.51. The fourth-order valence-corrected chi connectivity index (χ4v) is 3.95. The van der Waals surface area contributed by atoms with Crippen LogP contribution in [0.5, 0.6) is 0 Å². The van der Waals surface area contributed by atoms with E-state index in [2.05, 4.69) is 31.0 Å². The molecule has 1 saturated carbocycles. The Morgan fingerprint density at radius 3 is 2.61 bits per heavy atom. The third-order valence-corrected chi connectivity index (χ3v) is 5.08. The predicted octanol–water partition coefficient (Wildman–Crippen LogP) is 3.28. The zero-order chi connectivity index (χ0) is 13.0. The zero-order valence-electron chi connectivity index (χ0n) is 12.6. The lowest BCUT2D eigenvalue weighted by molar-refractivity contribution is 0.146. The van der Waals surface area contributed by atoms with Crippen LogP contribution in [0.15, 0.2) is 0 Å². The van der Waals surface area contributed by atoms with Crippen LogP contribution in [0.4, 0.5) is 0 Å². The van der Waals surface area contributed by atoms with E-state index in [1.807, 2.05) is 0 Å². The van der Waals surface area contributed by atoms with Gasteiger partial charge in [0.2, 0.25) is 0 Å². The molecule has 1 N–H and O–H groups in total. The van der Waals surface area contributed by atoms with Crippen molar-refractivity contribution in [3.63, 3.8) is 0 Å². The predicted molar refractivity (Wildman–Crippen MR) is 78.9 cm³/mol. The Bertz CT molecular complexity index is 239. The van der Waals surface area contributed by atoms with Gasteiger partial charge < -0.3 is 10.2 Å². The number of likely N-dealkylation sites (N-methyl/N-ethyl adjacent to an activating group) is 1. The molecule has 2 aliphatic rings. The van der Waals surface area contributed by atoms with E-state index in [-0.39, 0.29) is 0 Å². The second kappa shape index (κ2) is 6.91. The van der Waals surface area contributed by atoms with Gasteiger partial charge in [-0.2, -0.15) is 0 Å². The lowest BCUT2D eigenvalue weighted by atomic mass is 9.77. The van der Waals surface area contributed by atoms with Gasteiger partial charge in [0.25, 0.3) is 0 Å². The van der Waals surface area contributed by atoms with Gasteiger partial charge in [-0.15, -0.1) is 0 Å². The fraction of sp³-hybridized carbons (Fsp3) is 1.00. The van der Waals surface area contributed by atoms with Crippen LogP contribution < -0.4 is 5.32 Å². The molecule has 1 saturated heterocycles. The van der Waals surface area contributed by atoms with Gasteiger partial charge in [0.05, 0.1) is 0 Å². The molecule has 3 unspecified atom stereocenters. The molecular weight excluding hydrogens is 220 g/mol. The Balaban J connectivity index is 1.86. The SMILES string of the molecule is CCN1CCCC(NC2CCCCC2C(C)C)C1. The van der Waals surface area contributed by atoms with Crippen molar-refractivity contribution in [2.24, 2.45) is 11.8 Å². The number of hydrogen-bond acceptors (Lipinski definition) is 2. The largest absolute Gasteiger partial charge is 0.310 e. The Kier molecular flexibility index (Phi) is 5.50. The molecule has 3 atom stereocenters. The van der Waals surface area contributed by atoms with Crippen molar-refractivity contribution < 1.29 is 0 Å². The van der Waals surface area contributed by atoms with Crippen LogP contribution in [0, 0.1) is 11.8 Å². The highest BCUT2D eigenvalue weighted by Gasteiger charge is 2.30. The maximum atomic E-state index is 4.01. The summed E-state index contributed by atoms with van der Waals surface area (Å²) in [5, 5.41) is 4.01. The van der Waals surface area contributed by atoms with Crippen LogP contribution in [-0.4, -0.2) is 36.6 Å². The highest BCUT2D eigenvalue weighted by atomic mass is 15.2. The maximum Gasteiger partial charge on any atom is 0.0198 e. The molecule has 0 aromatic rings. The molecule has 0 aromatic carbocycles. The molecule has 18 heavy (non-hydrogen) atoms. The normalized spacial score (nSPS) is 35.0. The number of nitrogens with zero attached hydrogens (tertiary/aromatic N) is 1. The van der Waals surface area contributed by atoms with Crippen LogP contribution in [0.3, 0.4) is 0 Å². The van der Waals surface area contributed by atoms with Crippen molar-refractivity contribution in [1.82, 2.24) is 10.2 Å². The Hall–Kier alpha value is -0.0800. The molecule has 2 heteroatoms. The highest BCUT2D eigenvalue weighted by molar-refractivity contribution is 4.87. The van der Waals surface area contributed by atoms with Crippen molar-refractivity contribution in [1.29, 1.82) is 0 Å². The standard InChI is InChI=1S/C16H32N2/c1-4-18-11-7-8-14(12-18)17-16-10-6-5-9-15(16)13(2)3/h13-17H,4-12H2,1-3H3. The summed E-state index contributed by atoms with van der Waals surface area (Å²) in [5.41, 5.74) is 0. The van der Waals surface area contributed by atoms with Crippen molar-refractivity contribution in [3.8, 4) is 0 Å². The molecule has 0 spiro atoms. The number of likely N-dealkylation sites (tertiary alicyclic amines) is 1. The summed E-state index contributed by atoms with van der Waals surface area (Å²) in [6.45, 7) is 10.9. The summed E-state index contributed by atoms with van der Waals surface area (Å²) in [6, 6.07) is 1.55. The van der Waals surface area contributed by atoms with Gasteiger partial charge in [-0.25, -0.2) is 0 Å². The molecule has 2 fully saturated rings. The van der Waals surface area contributed by atoms with Gasteiger partial charge in [0.1, 0.15) is 0 Å². The van der Waals surface area contributed by atoms with Gasteiger partial charge in [0, 0.05) is 18.6 Å². The van der Waals surface area contributed by atoms with Gasteiger partial charge in [-0.3, -0.25) is 0 Å². The molecule has 2 rings (SSSR count). The molecule has 0 bridgehead atoms. The van der Waals surface area contributed by atoms with Crippen LogP contribution in [0.1, 0.15) is 59.3 Å². The van der Waals surface area contributed by atoms with Crippen molar-refractivity contribution in [2.45, 2.75) is 71.4 Å². The second-order valence-electron chi connectivity index (χ2n) is 6.70. The monoisotopic (exact) mass is 252 g/mol. The molecule has 1 aliphatic carbocycles. The van der Waals surface area contributed by atoms with E-state index in [0.29, 0.717) is 0 Å². The van der Waals surface area contributed by atoms with Gasteiger partial charge in [-0.05, 0) is 50.6 Å². The summed E-state index contributed by atoms with van der Waals surface area (Å²) in [4.78, 5) is 2.61. The molecule has 1 heterocycles. The molecule has 0 radical (unpaired) electrons. The van der Waals surface area contributed by atoms with E-state index in [1.165, 1.54) is 58.2 Å². The minimum absolute atomic E-state index is 0.753. The molecular formula is C16H32N2. The molecule has 1 aliphatic heterocycles. The second-order valence-corrected chi connectivity index (χ2v) is 6.70. The molecule has 0 amide bonds. The molecule has 106 valence electrons. The lowest BCUT2D eigenvalue weighted by Gasteiger charge is -2.40. The van der Waals surface area contributed by atoms with Crippen LogP contribution in [0.25, 0.3) is 0 Å². The lowest BCUT2D eigenvalue weighted by Crippen LogP contribution is -2.52. The van der Waals surface area contributed by atoms with Crippen molar-refractivity contribution >= 4 is 0 Å². The quantitative estimate of drug-likeness (QED) is 0.826. The first-order valence-corrected chi connectivity index (χ1v) is 8.19. The number of piperidine rings is 1. The van der Waals surface area contributed by atoms with Crippen LogP contribution in [-0.2, 0) is 0 Å². The van der Waals surface area contributed by atoms with E-state index in [0.717, 1.165) is 23.9 Å². The Morgan fingerprint density at radius 1 is 1.11 bits per heavy atom. The molecule has 2 nitrogen and oxygen atoms in total. The van der Waals surface area contributed by atoms with E-state index < -0.39 is 0 Å². The third kappa shape index (κ3) is 3.71. The highest BCUT2D eigenvalue weighted by Crippen LogP contribution is 2.31. The topological polar surface area (TPSA) is 15.3 Å². The van der Waals surface area contributed by atoms with Crippen LogP contribution >= 0.6 is 0 Å². The number of nitrogens with one attached hydrogen (secondary N) is 1. The van der Waals surface area contributed by atoms with Gasteiger partial charge >= 0.3 is 0 Å². The average Bonchev–Trinajstić information content (AvgIpc) is 2.39. The number of rotatable bonds is 4. The summed E-state index contributed by atoms with van der Waals surface area (Å²) < 4.78 is 0. The zero-order valence-corrected chi connectivity index (χ0v) is 12.6. The minimum atomic E-state index is 0.753. The number of hydrogen-bond donors (Lipinski definition) is 1. The minimum Gasteiger partial charge on any atom is -0.310 e. The summed E-state index contributed by atoms with van der Waals surface area (Å²) in [7, 11) is 0. The van der Waals surface area contributed by atoms with Gasteiger partial charge in [-0.1, -0.05) is 33.6 Å². The van der Waals surface area contributed by atoms with Crippen molar-refractivity contribution in [2.75, 3.05) is 19.6 Å². The van der Waals surface area contributed by atoms with E-state index in [4.69, 9.17) is 0 Å². The Morgan fingerprint density at radius 2 is 1.89 bits per heavy atom.